The van der Waals surface area contributed by atoms with Crippen molar-refractivity contribution in [1.29, 1.82) is 0 Å². The van der Waals surface area contributed by atoms with Gasteiger partial charge in [0, 0.05) is 29.5 Å². The van der Waals surface area contributed by atoms with E-state index >= 15 is 0 Å². The van der Waals surface area contributed by atoms with E-state index in [9.17, 15) is 9.59 Å². The van der Waals surface area contributed by atoms with Gasteiger partial charge in [-0.2, -0.15) is 0 Å². The van der Waals surface area contributed by atoms with Crippen LogP contribution in [0.2, 0.25) is 5.02 Å². The lowest BCUT2D eigenvalue weighted by molar-refractivity contribution is -0.131. The second-order valence-corrected chi connectivity index (χ2v) is 8.50. The van der Waals surface area contributed by atoms with Crippen LogP contribution >= 0.6 is 23.8 Å². The summed E-state index contributed by atoms with van der Waals surface area (Å²) in [6.07, 6.45) is 0. The average molecular weight is 486 g/mol. The molecule has 1 atom stereocenters. The van der Waals surface area contributed by atoms with Gasteiger partial charge in [-0.25, -0.2) is 4.79 Å². The lowest BCUT2D eigenvalue weighted by Crippen LogP contribution is -2.51. The topological polar surface area (TPSA) is 71.1 Å². The summed E-state index contributed by atoms with van der Waals surface area (Å²) in [4.78, 5) is 29.9. The molecule has 7 nitrogen and oxygen atoms in total. The van der Waals surface area contributed by atoms with E-state index in [1.807, 2.05) is 36.1 Å². The van der Waals surface area contributed by atoms with Gasteiger partial charge < -0.3 is 19.7 Å². The monoisotopic (exact) mass is 485 g/mol. The van der Waals surface area contributed by atoms with E-state index in [0.717, 1.165) is 5.69 Å². The number of benzene rings is 2. The number of nitrogens with zero attached hydrogens (tertiary/aromatic N) is 2. The van der Waals surface area contributed by atoms with Gasteiger partial charge in [-0.05, 0) is 55.0 Å². The molecule has 2 heterocycles. The van der Waals surface area contributed by atoms with Crippen LogP contribution in [0.25, 0.3) is 0 Å². The first-order chi connectivity index (χ1) is 15.9. The van der Waals surface area contributed by atoms with Gasteiger partial charge in [-0.15, -0.1) is 0 Å². The van der Waals surface area contributed by atoms with Crippen LogP contribution in [0, 0.1) is 0 Å². The number of methoxy groups -OCH3 is 1. The standard InChI is InChI=1S/C24H24ClN3O4S/c1-15-20(22(29)27-11-13-32-14-12-27)21(18-5-3-4-6-19(18)23(30)31-2)26-24(33)28(15)17-9-7-16(25)8-10-17/h3-10,21H,11-14H2,1-2H3,(H,26,33). The molecular weight excluding hydrogens is 462 g/mol. The number of ether oxygens (including phenoxy) is 2. The van der Waals surface area contributed by atoms with E-state index in [-0.39, 0.29) is 5.91 Å². The highest BCUT2D eigenvalue weighted by molar-refractivity contribution is 7.80. The van der Waals surface area contributed by atoms with Crippen molar-refractivity contribution in [3.63, 3.8) is 0 Å². The molecule has 0 aliphatic carbocycles. The number of allylic oxidation sites excluding steroid dienone is 1. The van der Waals surface area contributed by atoms with Crippen molar-refractivity contribution >= 4 is 46.5 Å². The van der Waals surface area contributed by atoms with E-state index < -0.39 is 12.0 Å². The molecule has 9 heteroatoms. The molecule has 0 radical (unpaired) electrons. The van der Waals surface area contributed by atoms with Gasteiger partial charge in [0.2, 0.25) is 0 Å². The van der Waals surface area contributed by atoms with Gasteiger partial charge in [-0.1, -0.05) is 29.8 Å². The number of esters is 1. The van der Waals surface area contributed by atoms with Gasteiger partial charge in [0.15, 0.2) is 5.11 Å². The van der Waals surface area contributed by atoms with Crippen LogP contribution in [0.15, 0.2) is 59.8 Å². The van der Waals surface area contributed by atoms with Gasteiger partial charge in [0.25, 0.3) is 5.91 Å². The summed E-state index contributed by atoms with van der Waals surface area (Å²) in [5.41, 5.74) is 2.97. The normalized spacial score (nSPS) is 18.8. The van der Waals surface area contributed by atoms with Crippen LogP contribution < -0.4 is 10.2 Å². The molecule has 0 saturated carbocycles. The minimum atomic E-state index is -0.619. The zero-order valence-electron chi connectivity index (χ0n) is 18.3. The number of carbonyl (C=O) groups is 2. The summed E-state index contributed by atoms with van der Waals surface area (Å²) >= 11 is 11.8. The summed E-state index contributed by atoms with van der Waals surface area (Å²) in [7, 11) is 1.33. The molecular formula is C24H24ClN3O4S. The Morgan fingerprint density at radius 2 is 1.79 bits per heavy atom. The first-order valence-electron chi connectivity index (χ1n) is 10.5. The average Bonchev–Trinajstić information content (AvgIpc) is 2.84. The Kier molecular flexibility index (Phi) is 6.97. The molecule has 2 aliphatic heterocycles. The fourth-order valence-electron chi connectivity index (χ4n) is 4.14. The Hall–Kier alpha value is -2.94. The van der Waals surface area contributed by atoms with E-state index in [1.54, 1.807) is 29.2 Å². The minimum absolute atomic E-state index is 0.130. The zero-order valence-corrected chi connectivity index (χ0v) is 19.9. The number of hydrogen-bond donors (Lipinski definition) is 1. The maximum atomic E-state index is 13.8. The number of anilines is 1. The van der Waals surface area contributed by atoms with Crippen molar-refractivity contribution in [2.24, 2.45) is 0 Å². The minimum Gasteiger partial charge on any atom is -0.465 e. The summed E-state index contributed by atoms with van der Waals surface area (Å²) in [6.45, 7) is 3.81. The Labute approximate surface area is 202 Å². The van der Waals surface area contributed by atoms with E-state index in [4.69, 9.17) is 33.3 Å². The molecule has 1 saturated heterocycles. The Balaban J connectivity index is 1.86. The van der Waals surface area contributed by atoms with Crippen LogP contribution in [-0.4, -0.2) is 55.3 Å². The third kappa shape index (κ3) is 4.59. The molecule has 33 heavy (non-hydrogen) atoms. The molecule has 0 aromatic heterocycles. The molecule has 0 spiro atoms. The molecule has 2 aliphatic rings. The van der Waals surface area contributed by atoms with Crippen molar-refractivity contribution in [1.82, 2.24) is 10.2 Å². The predicted molar refractivity (Wildman–Crippen MR) is 130 cm³/mol. The first kappa shape index (κ1) is 23.2. The molecule has 1 amide bonds. The Morgan fingerprint density at radius 1 is 1.12 bits per heavy atom. The maximum Gasteiger partial charge on any atom is 0.338 e. The van der Waals surface area contributed by atoms with Gasteiger partial charge in [-0.3, -0.25) is 9.69 Å². The van der Waals surface area contributed by atoms with Crippen molar-refractivity contribution in [2.45, 2.75) is 13.0 Å². The molecule has 0 bridgehead atoms. The van der Waals surface area contributed by atoms with Crippen LogP contribution in [0.3, 0.4) is 0 Å². The van der Waals surface area contributed by atoms with Crippen LogP contribution in [-0.2, 0) is 14.3 Å². The third-order valence-corrected chi connectivity index (χ3v) is 6.33. The second-order valence-electron chi connectivity index (χ2n) is 7.68. The largest absolute Gasteiger partial charge is 0.465 e. The maximum absolute atomic E-state index is 13.8. The highest BCUT2D eigenvalue weighted by Gasteiger charge is 2.38. The highest BCUT2D eigenvalue weighted by Crippen LogP contribution is 2.36. The lowest BCUT2D eigenvalue weighted by Gasteiger charge is -2.40. The summed E-state index contributed by atoms with van der Waals surface area (Å²) in [5, 5.41) is 4.31. The number of nitrogens with one attached hydrogen (secondary N) is 1. The van der Waals surface area contributed by atoms with E-state index in [2.05, 4.69) is 5.32 Å². The van der Waals surface area contributed by atoms with Crippen molar-refractivity contribution in [3.8, 4) is 0 Å². The smallest absolute Gasteiger partial charge is 0.338 e. The number of hydrogen-bond acceptors (Lipinski definition) is 5. The van der Waals surface area contributed by atoms with Crippen molar-refractivity contribution < 1.29 is 19.1 Å². The number of thiocarbonyl (C=S) groups is 1. The van der Waals surface area contributed by atoms with E-state index in [0.29, 0.717) is 58.8 Å². The van der Waals surface area contributed by atoms with Crippen molar-refractivity contribution in [2.75, 3.05) is 38.3 Å². The zero-order chi connectivity index (χ0) is 23.5. The molecule has 4 rings (SSSR count). The number of carbonyl (C=O) groups excluding carboxylic acids is 2. The van der Waals surface area contributed by atoms with Crippen LogP contribution in [0.5, 0.6) is 0 Å². The second kappa shape index (κ2) is 9.91. The SMILES string of the molecule is COC(=O)c1ccccc1C1NC(=S)N(c2ccc(Cl)cc2)C(C)=C1C(=O)N1CCOCC1. The Bertz CT molecular complexity index is 1110. The highest BCUT2D eigenvalue weighted by atomic mass is 35.5. The summed E-state index contributed by atoms with van der Waals surface area (Å²) in [6, 6.07) is 13.7. The fourth-order valence-corrected chi connectivity index (χ4v) is 4.62. The van der Waals surface area contributed by atoms with Crippen LogP contribution in [0.1, 0.15) is 28.9 Å². The summed E-state index contributed by atoms with van der Waals surface area (Å²) in [5.74, 6) is -0.608. The molecule has 2 aromatic carbocycles. The lowest BCUT2D eigenvalue weighted by atomic mass is 9.90. The summed E-state index contributed by atoms with van der Waals surface area (Å²) < 4.78 is 10.4. The van der Waals surface area contributed by atoms with Gasteiger partial charge in [0.1, 0.15) is 0 Å². The Morgan fingerprint density at radius 3 is 2.45 bits per heavy atom. The molecule has 172 valence electrons. The quantitative estimate of drug-likeness (QED) is 0.523. The van der Waals surface area contributed by atoms with E-state index in [1.165, 1.54) is 7.11 Å². The first-order valence-corrected chi connectivity index (χ1v) is 11.3. The number of amides is 1. The fraction of sp³-hybridized carbons (Fsp3) is 0.292. The number of rotatable bonds is 4. The van der Waals surface area contributed by atoms with Crippen LogP contribution in [0.4, 0.5) is 5.69 Å². The molecule has 2 aromatic rings. The molecule has 1 unspecified atom stereocenters. The number of halogens is 1. The molecule has 1 fully saturated rings. The molecule has 1 N–H and O–H groups in total. The van der Waals surface area contributed by atoms with Gasteiger partial charge in [0.05, 0.1) is 37.5 Å². The van der Waals surface area contributed by atoms with Gasteiger partial charge >= 0.3 is 5.97 Å². The number of morpholine rings is 1. The predicted octanol–water partition coefficient (Wildman–Crippen LogP) is 3.70. The third-order valence-electron chi connectivity index (χ3n) is 5.78. The van der Waals surface area contributed by atoms with Crippen molar-refractivity contribution in [3.05, 3.63) is 76.0 Å².